The number of nitrogens with one attached hydrogen (secondary N) is 1. The maximum atomic E-state index is 4.01. The largest absolute Gasteiger partial charge is 0.312 e. The van der Waals surface area contributed by atoms with E-state index in [1.807, 2.05) is 4.68 Å². The van der Waals surface area contributed by atoms with Crippen LogP contribution in [-0.2, 0) is 0 Å². The smallest absolute Gasteiger partial charge is 0.189 e. The Kier molecular flexibility index (Phi) is 2.08. The average Bonchev–Trinajstić information content (AvgIpc) is 2.54. The number of benzene rings is 1. The molecule has 3 heteroatoms. The number of H-pyrrole nitrogens is 1. The third-order valence-corrected chi connectivity index (χ3v) is 2.33. The van der Waals surface area contributed by atoms with Gasteiger partial charge in [-0.3, -0.25) is 0 Å². The molecule has 1 aromatic carbocycles. The summed E-state index contributed by atoms with van der Waals surface area (Å²) in [4.78, 5) is 4.01. The summed E-state index contributed by atoms with van der Waals surface area (Å²) < 4.78 is 1.93. The molecule has 0 saturated carbocycles. The van der Waals surface area contributed by atoms with Crippen LogP contribution in [0.4, 0.5) is 0 Å². The molecular formula is C11H14N3+. The molecule has 0 atom stereocenters. The molecule has 3 nitrogen and oxygen atoms in total. The van der Waals surface area contributed by atoms with Gasteiger partial charge in [-0.2, -0.15) is 5.10 Å². The summed E-state index contributed by atoms with van der Waals surface area (Å²) in [5, 5.41) is 3.06. The predicted molar refractivity (Wildman–Crippen MR) is 54.3 cm³/mol. The maximum Gasteiger partial charge on any atom is 0.312 e. The van der Waals surface area contributed by atoms with Gasteiger partial charge in [-0.1, -0.05) is 17.7 Å². The van der Waals surface area contributed by atoms with E-state index in [9.17, 15) is 0 Å². The molecule has 0 spiro atoms. The van der Waals surface area contributed by atoms with Crippen LogP contribution in [0.5, 0.6) is 0 Å². The lowest BCUT2D eigenvalue weighted by molar-refractivity contribution is -0.657. The van der Waals surface area contributed by atoms with E-state index >= 15 is 0 Å². The first kappa shape index (κ1) is 8.94. The van der Waals surface area contributed by atoms with Crippen LogP contribution in [-0.4, -0.2) is 10.1 Å². The quantitative estimate of drug-likeness (QED) is 0.677. The Bertz CT molecular complexity index is 421. The summed E-state index contributed by atoms with van der Waals surface area (Å²) in [6, 6.07) is 4.35. The summed E-state index contributed by atoms with van der Waals surface area (Å²) in [5.74, 6) is 0. The lowest BCUT2D eigenvalue weighted by atomic mass is 10.1. The summed E-state index contributed by atoms with van der Waals surface area (Å²) in [5.41, 5.74) is 5.01. The molecule has 0 fully saturated rings. The molecule has 2 rings (SSSR count). The second-order valence-corrected chi connectivity index (χ2v) is 3.64. The van der Waals surface area contributed by atoms with Crippen molar-refractivity contribution in [3.05, 3.63) is 41.5 Å². The van der Waals surface area contributed by atoms with E-state index in [-0.39, 0.29) is 0 Å². The van der Waals surface area contributed by atoms with Crippen molar-refractivity contribution in [3.8, 4) is 5.69 Å². The third kappa shape index (κ3) is 1.41. The van der Waals surface area contributed by atoms with E-state index in [1.54, 1.807) is 12.7 Å². The summed E-state index contributed by atoms with van der Waals surface area (Å²) in [6.07, 6.45) is 3.46. The van der Waals surface area contributed by atoms with Crippen LogP contribution >= 0.6 is 0 Å². The molecule has 1 N–H and O–H groups in total. The van der Waals surface area contributed by atoms with Gasteiger partial charge in [0.2, 0.25) is 6.33 Å². The van der Waals surface area contributed by atoms with Crippen molar-refractivity contribution in [3.63, 3.8) is 0 Å². The number of aryl methyl sites for hydroxylation is 3. The highest BCUT2D eigenvalue weighted by Gasteiger charge is 2.11. The Morgan fingerprint density at radius 2 is 1.79 bits per heavy atom. The van der Waals surface area contributed by atoms with E-state index in [2.05, 4.69) is 43.0 Å². The van der Waals surface area contributed by atoms with E-state index in [0.717, 1.165) is 0 Å². The zero-order valence-electron chi connectivity index (χ0n) is 8.70. The van der Waals surface area contributed by atoms with E-state index in [0.29, 0.717) is 0 Å². The first-order chi connectivity index (χ1) is 6.68. The summed E-state index contributed by atoms with van der Waals surface area (Å²) in [6.45, 7) is 6.34. The molecule has 1 aromatic heterocycles. The third-order valence-electron chi connectivity index (χ3n) is 2.33. The van der Waals surface area contributed by atoms with Crippen molar-refractivity contribution < 1.29 is 4.68 Å². The topological polar surface area (TPSA) is 32.6 Å². The Morgan fingerprint density at radius 1 is 1.14 bits per heavy atom. The van der Waals surface area contributed by atoms with Crippen LogP contribution < -0.4 is 4.68 Å². The highest BCUT2D eigenvalue weighted by atomic mass is 15.3. The van der Waals surface area contributed by atoms with Gasteiger partial charge < -0.3 is 0 Å². The van der Waals surface area contributed by atoms with E-state index < -0.39 is 0 Å². The number of hydrogen-bond donors (Lipinski definition) is 1. The van der Waals surface area contributed by atoms with E-state index in [4.69, 9.17) is 0 Å². The van der Waals surface area contributed by atoms with Crippen molar-refractivity contribution in [2.75, 3.05) is 0 Å². The molecule has 1 heterocycles. The molecule has 72 valence electrons. The fourth-order valence-electron chi connectivity index (χ4n) is 1.90. The Balaban J connectivity index is 2.64. The number of hydrogen-bond acceptors (Lipinski definition) is 1. The molecule has 0 unspecified atom stereocenters. The van der Waals surface area contributed by atoms with Crippen LogP contribution in [0.2, 0.25) is 0 Å². The number of aromatic nitrogens is 3. The van der Waals surface area contributed by atoms with Gasteiger partial charge in [0.05, 0.1) is 0 Å². The minimum atomic E-state index is 1.19. The van der Waals surface area contributed by atoms with Crippen molar-refractivity contribution in [1.29, 1.82) is 0 Å². The molecule has 0 bridgehead atoms. The monoisotopic (exact) mass is 188 g/mol. The molecule has 0 radical (unpaired) electrons. The minimum absolute atomic E-state index is 1.19. The number of rotatable bonds is 1. The second-order valence-electron chi connectivity index (χ2n) is 3.64. The molecule has 0 amide bonds. The zero-order chi connectivity index (χ0) is 10.1. The fraction of sp³-hybridized carbons (Fsp3) is 0.273. The first-order valence-electron chi connectivity index (χ1n) is 4.67. The molecule has 0 aliphatic rings. The van der Waals surface area contributed by atoms with Crippen LogP contribution in [0.3, 0.4) is 0 Å². The maximum absolute atomic E-state index is 4.01. The second kappa shape index (κ2) is 3.25. The molecule has 14 heavy (non-hydrogen) atoms. The van der Waals surface area contributed by atoms with Gasteiger partial charge in [-0.25, -0.2) is 0 Å². The highest BCUT2D eigenvalue weighted by molar-refractivity contribution is 5.42. The lowest BCUT2D eigenvalue weighted by Crippen LogP contribution is -2.33. The zero-order valence-corrected chi connectivity index (χ0v) is 8.70. The van der Waals surface area contributed by atoms with E-state index in [1.165, 1.54) is 22.4 Å². The minimum Gasteiger partial charge on any atom is -0.189 e. The molecule has 0 aliphatic heterocycles. The van der Waals surface area contributed by atoms with Crippen molar-refractivity contribution in [2.45, 2.75) is 20.8 Å². The van der Waals surface area contributed by atoms with Gasteiger partial charge in [0, 0.05) is 0 Å². The molecule has 2 aromatic rings. The first-order valence-corrected chi connectivity index (χ1v) is 4.67. The Hall–Kier alpha value is -1.64. The van der Waals surface area contributed by atoms with Gasteiger partial charge in [-0.05, 0) is 36.9 Å². The molecule has 0 saturated heterocycles. The lowest BCUT2D eigenvalue weighted by Gasteiger charge is -2.05. The predicted octanol–water partition coefficient (Wildman–Crippen LogP) is 1.61. The normalized spacial score (nSPS) is 10.5. The number of aromatic amines is 1. The summed E-state index contributed by atoms with van der Waals surface area (Å²) >= 11 is 0. The van der Waals surface area contributed by atoms with Gasteiger partial charge in [0.1, 0.15) is 0 Å². The SMILES string of the molecule is Cc1cc(C)c(-[n+]2cnc[nH]2)c(C)c1. The van der Waals surface area contributed by atoms with Crippen LogP contribution in [0, 0.1) is 20.8 Å². The standard InChI is InChI=1S/C11H13N3/c1-8-4-9(2)11(10(3)5-8)14-7-12-6-13-14/h4-7H,1-3H3/p+1. The van der Waals surface area contributed by atoms with Crippen LogP contribution in [0.25, 0.3) is 5.69 Å². The van der Waals surface area contributed by atoms with Gasteiger partial charge in [-0.15, -0.1) is 4.68 Å². The highest BCUT2D eigenvalue weighted by Crippen LogP contribution is 2.15. The van der Waals surface area contributed by atoms with Crippen molar-refractivity contribution >= 4 is 0 Å². The Morgan fingerprint density at radius 3 is 2.29 bits per heavy atom. The van der Waals surface area contributed by atoms with Gasteiger partial charge in [0.25, 0.3) is 0 Å². The van der Waals surface area contributed by atoms with Gasteiger partial charge in [0.15, 0.2) is 5.69 Å². The average molecular weight is 188 g/mol. The fourth-order valence-corrected chi connectivity index (χ4v) is 1.90. The van der Waals surface area contributed by atoms with Crippen molar-refractivity contribution in [2.24, 2.45) is 0 Å². The summed E-state index contributed by atoms with van der Waals surface area (Å²) in [7, 11) is 0. The molecule has 0 aliphatic carbocycles. The van der Waals surface area contributed by atoms with Crippen molar-refractivity contribution in [1.82, 2.24) is 10.1 Å². The Labute approximate surface area is 83.4 Å². The van der Waals surface area contributed by atoms with Crippen LogP contribution in [0.1, 0.15) is 16.7 Å². The number of nitrogens with zero attached hydrogens (tertiary/aromatic N) is 2. The van der Waals surface area contributed by atoms with Gasteiger partial charge >= 0.3 is 6.33 Å². The molecular weight excluding hydrogens is 174 g/mol. The van der Waals surface area contributed by atoms with Crippen LogP contribution in [0.15, 0.2) is 24.8 Å².